The lowest BCUT2D eigenvalue weighted by molar-refractivity contribution is -0.384. The Bertz CT molecular complexity index is 1260. The fourth-order valence-electron chi connectivity index (χ4n) is 4.15. The molecule has 0 spiro atoms. The van der Waals surface area contributed by atoms with E-state index in [2.05, 4.69) is 0 Å². The van der Waals surface area contributed by atoms with Gasteiger partial charge in [-0.25, -0.2) is 5.01 Å². The highest BCUT2D eigenvalue weighted by molar-refractivity contribution is 6.14. The fraction of sp³-hybridized carbons (Fsp3) is 0.200. The summed E-state index contributed by atoms with van der Waals surface area (Å²) in [6, 6.07) is 19.3. The second-order valence-electron chi connectivity index (χ2n) is 8.07. The van der Waals surface area contributed by atoms with Crippen molar-refractivity contribution in [1.29, 1.82) is 0 Å². The normalized spacial score (nSPS) is 16.6. The summed E-state index contributed by atoms with van der Waals surface area (Å²) < 4.78 is 11.1. The molecule has 0 aliphatic carbocycles. The van der Waals surface area contributed by atoms with E-state index < -0.39 is 4.92 Å². The molecular weight excluding hydrogens is 422 g/mol. The molecule has 0 N–H and O–H groups in total. The van der Waals surface area contributed by atoms with Gasteiger partial charge in [-0.15, -0.1) is 0 Å². The number of fused-ring (bicyclic) bond motifs is 2. The zero-order chi connectivity index (χ0) is 22.9. The van der Waals surface area contributed by atoms with Crippen LogP contribution < -0.4 is 9.47 Å². The zero-order valence-electron chi connectivity index (χ0n) is 17.9. The van der Waals surface area contributed by atoms with Crippen LogP contribution in [0.15, 0.2) is 71.8 Å². The average Bonchev–Trinajstić information content (AvgIpc) is 3.21. The standard InChI is InChI=1S/C25H21N3O5/c1-16-11-19-13-22-23(33-15-32-22)14-21(19)25(18-7-9-20(10-8-18)28(30)31)26-27(16)24(29)12-17-5-3-2-4-6-17/h2-10,13-14,16H,11-12,15H2,1H3. The van der Waals surface area contributed by atoms with E-state index in [1.807, 2.05) is 49.4 Å². The van der Waals surface area contributed by atoms with Crippen molar-refractivity contribution in [2.75, 3.05) is 6.79 Å². The van der Waals surface area contributed by atoms with Crippen molar-refractivity contribution >= 4 is 17.3 Å². The van der Waals surface area contributed by atoms with Gasteiger partial charge in [0.2, 0.25) is 12.7 Å². The molecular formula is C25H21N3O5. The first-order chi connectivity index (χ1) is 16.0. The van der Waals surface area contributed by atoms with E-state index in [1.54, 1.807) is 12.1 Å². The highest BCUT2D eigenvalue weighted by atomic mass is 16.7. The molecule has 1 unspecified atom stereocenters. The summed E-state index contributed by atoms with van der Waals surface area (Å²) in [7, 11) is 0. The second-order valence-corrected chi connectivity index (χ2v) is 8.07. The molecule has 5 rings (SSSR count). The molecule has 0 saturated carbocycles. The van der Waals surface area contributed by atoms with E-state index in [1.165, 1.54) is 17.1 Å². The minimum Gasteiger partial charge on any atom is -0.454 e. The SMILES string of the molecule is CC1Cc2cc3c(cc2C(c2ccc([N+](=O)[O-])cc2)=NN1C(=O)Cc1ccccc1)OCO3. The van der Waals surface area contributed by atoms with Gasteiger partial charge in [-0.05, 0) is 48.7 Å². The molecule has 0 bridgehead atoms. The van der Waals surface area contributed by atoms with Crippen LogP contribution in [0.25, 0.3) is 0 Å². The summed E-state index contributed by atoms with van der Waals surface area (Å²) >= 11 is 0. The number of nitro benzene ring substituents is 1. The van der Waals surface area contributed by atoms with Gasteiger partial charge in [0.05, 0.1) is 23.1 Å². The Kier molecular flexibility index (Phi) is 5.26. The van der Waals surface area contributed by atoms with Crippen LogP contribution in [0.4, 0.5) is 5.69 Å². The topological polar surface area (TPSA) is 94.3 Å². The summed E-state index contributed by atoms with van der Waals surface area (Å²) in [5, 5.41) is 17.4. The zero-order valence-corrected chi connectivity index (χ0v) is 17.9. The van der Waals surface area contributed by atoms with Gasteiger partial charge in [-0.2, -0.15) is 5.10 Å². The lowest BCUT2D eigenvalue weighted by Gasteiger charge is -2.23. The number of nitro groups is 1. The monoisotopic (exact) mass is 443 g/mol. The van der Waals surface area contributed by atoms with Crippen LogP contribution in [0.3, 0.4) is 0 Å². The largest absolute Gasteiger partial charge is 0.454 e. The third-order valence-electron chi connectivity index (χ3n) is 5.80. The van der Waals surface area contributed by atoms with Gasteiger partial charge < -0.3 is 9.47 Å². The van der Waals surface area contributed by atoms with Crippen molar-refractivity contribution in [3.05, 3.63) is 99.1 Å². The molecule has 1 amide bonds. The Labute approximate surface area is 190 Å². The van der Waals surface area contributed by atoms with E-state index in [-0.39, 0.29) is 30.9 Å². The Hall–Kier alpha value is -4.20. The minimum absolute atomic E-state index is 0.00994. The maximum absolute atomic E-state index is 13.3. The van der Waals surface area contributed by atoms with Gasteiger partial charge in [-0.1, -0.05) is 30.3 Å². The van der Waals surface area contributed by atoms with Gasteiger partial charge in [0.1, 0.15) is 0 Å². The van der Waals surface area contributed by atoms with Gasteiger partial charge in [0.15, 0.2) is 11.5 Å². The van der Waals surface area contributed by atoms with Gasteiger partial charge >= 0.3 is 0 Å². The average molecular weight is 443 g/mol. The van der Waals surface area contributed by atoms with Crippen LogP contribution in [0.1, 0.15) is 29.2 Å². The summed E-state index contributed by atoms with van der Waals surface area (Å²) in [5.41, 5.74) is 3.92. The van der Waals surface area contributed by atoms with E-state index in [9.17, 15) is 14.9 Å². The highest BCUT2D eigenvalue weighted by Gasteiger charge is 2.30. The number of carbonyl (C=O) groups excluding carboxylic acids is 1. The number of ether oxygens (including phenoxy) is 2. The van der Waals surface area contributed by atoms with Gasteiger partial charge in [0.25, 0.3) is 5.69 Å². The molecule has 8 nitrogen and oxygen atoms in total. The molecule has 8 heteroatoms. The summed E-state index contributed by atoms with van der Waals surface area (Å²) in [6.07, 6.45) is 0.799. The lowest BCUT2D eigenvalue weighted by Crippen LogP contribution is -2.36. The van der Waals surface area contributed by atoms with Crippen LogP contribution in [-0.4, -0.2) is 34.4 Å². The predicted molar refractivity (Wildman–Crippen MR) is 121 cm³/mol. The van der Waals surface area contributed by atoms with E-state index in [0.29, 0.717) is 29.2 Å². The third kappa shape index (κ3) is 4.03. The van der Waals surface area contributed by atoms with Crippen molar-refractivity contribution in [1.82, 2.24) is 5.01 Å². The van der Waals surface area contributed by atoms with Crippen molar-refractivity contribution in [2.24, 2.45) is 5.10 Å². The molecule has 3 aromatic carbocycles. The van der Waals surface area contributed by atoms with Crippen molar-refractivity contribution < 1.29 is 19.2 Å². The Balaban J connectivity index is 1.59. The number of hydrazone groups is 1. The number of nitrogens with zero attached hydrogens (tertiary/aromatic N) is 3. The van der Waals surface area contributed by atoms with Gasteiger partial charge in [0, 0.05) is 23.3 Å². The quantitative estimate of drug-likeness (QED) is 0.447. The number of carbonyl (C=O) groups is 1. The number of rotatable bonds is 4. The highest BCUT2D eigenvalue weighted by Crippen LogP contribution is 2.37. The maximum Gasteiger partial charge on any atom is 0.269 e. The first-order valence-electron chi connectivity index (χ1n) is 10.6. The molecule has 0 saturated heterocycles. The third-order valence-corrected chi connectivity index (χ3v) is 5.80. The summed E-state index contributed by atoms with van der Waals surface area (Å²) in [6.45, 7) is 2.11. The second kappa shape index (κ2) is 8.38. The van der Waals surface area contributed by atoms with Crippen LogP contribution in [-0.2, 0) is 17.6 Å². The van der Waals surface area contributed by atoms with Crippen molar-refractivity contribution in [2.45, 2.75) is 25.8 Å². The fourth-order valence-corrected chi connectivity index (χ4v) is 4.15. The minimum atomic E-state index is -0.442. The van der Waals surface area contributed by atoms with Crippen molar-refractivity contribution in [3.8, 4) is 11.5 Å². The number of non-ortho nitro benzene ring substituents is 1. The summed E-state index contributed by atoms with van der Waals surface area (Å²) in [5.74, 6) is 1.15. The smallest absolute Gasteiger partial charge is 0.269 e. The summed E-state index contributed by atoms with van der Waals surface area (Å²) in [4.78, 5) is 24.0. The van der Waals surface area contributed by atoms with E-state index >= 15 is 0 Å². The molecule has 33 heavy (non-hydrogen) atoms. The van der Waals surface area contributed by atoms with Gasteiger partial charge in [-0.3, -0.25) is 14.9 Å². The molecule has 2 aliphatic rings. The molecule has 0 fully saturated rings. The molecule has 3 aromatic rings. The first kappa shape index (κ1) is 20.7. The Morgan fingerprint density at radius 2 is 1.79 bits per heavy atom. The number of amides is 1. The molecule has 0 aromatic heterocycles. The van der Waals surface area contributed by atoms with Crippen LogP contribution in [0.2, 0.25) is 0 Å². The molecule has 0 radical (unpaired) electrons. The molecule has 2 heterocycles. The molecule has 166 valence electrons. The Morgan fingerprint density at radius 1 is 1.09 bits per heavy atom. The van der Waals surface area contributed by atoms with Crippen LogP contribution in [0, 0.1) is 10.1 Å². The molecule has 2 aliphatic heterocycles. The number of hydrogen-bond acceptors (Lipinski definition) is 6. The number of hydrogen-bond donors (Lipinski definition) is 0. The van der Waals surface area contributed by atoms with Crippen LogP contribution in [0.5, 0.6) is 11.5 Å². The predicted octanol–water partition coefficient (Wildman–Crippen LogP) is 4.09. The lowest BCUT2D eigenvalue weighted by atomic mass is 9.94. The Morgan fingerprint density at radius 3 is 2.48 bits per heavy atom. The van der Waals surface area contributed by atoms with Crippen LogP contribution >= 0.6 is 0 Å². The molecule has 1 atom stereocenters. The number of benzene rings is 3. The van der Waals surface area contributed by atoms with Crippen molar-refractivity contribution in [3.63, 3.8) is 0 Å². The maximum atomic E-state index is 13.3. The van der Waals surface area contributed by atoms with E-state index in [0.717, 1.165) is 16.7 Å². The van der Waals surface area contributed by atoms with E-state index in [4.69, 9.17) is 14.6 Å². The first-order valence-corrected chi connectivity index (χ1v) is 10.6.